The normalized spacial score (nSPS) is 5.55. The predicted molar refractivity (Wildman–Crippen MR) is 56.8 cm³/mol. The molecule has 0 aromatic rings. The highest BCUT2D eigenvalue weighted by Gasteiger charge is 1.63. The molecule has 0 N–H and O–H groups in total. The third-order valence-electron chi connectivity index (χ3n) is 0.451. The van der Waals surface area contributed by atoms with Crippen LogP contribution in [0, 0.1) is 0 Å². The Bertz CT molecular complexity index is 92.6. The summed E-state index contributed by atoms with van der Waals surface area (Å²) in [5, 5.41) is 0. The van der Waals surface area contributed by atoms with Gasteiger partial charge in [-0.3, -0.25) is 0 Å². The second-order valence-corrected chi connectivity index (χ2v) is 1.89. The van der Waals surface area contributed by atoms with Crippen LogP contribution in [0.3, 0.4) is 0 Å². The van der Waals surface area contributed by atoms with Gasteiger partial charge in [0.05, 0.1) is 0 Å². The van der Waals surface area contributed by atoms with Gasteiger partial charge < -0.3 is 0 Å². The van der Waals surface area contributed by atoms with Gasteiger partial charge in [0.1, 0.15) is 0 Å². The molecule has 0 fully saturated rings. The van der Waals surface area contributed by atoms with E-state index in [1.165, 1.54) is 5.57 Å². The Balaban J connectivity index is -0.000000109. The second kappa shape index (κ2) is 22.9. The molecule has 0 heteroatoms. The van der Waals surface area contributed by atoms with Crippen LogP contribution in [0.2, 0.25) is 0 Å². The molecule has 0 bridgehead atoms. The molecule has 0 radical (unpaired) electrons. The van der Waals surface area contributed by atoms with Gasteiger partial charge in [-0.25, -0.2) is 0 Å². The van der Waals surface area contributed by atoms with Crippen LogP contribution >= 0.6 is 0 Å². The standard InChI is InChI=1S/C6H10.C3H6.C2H6/c1-4-5-6(2)3;1-3-2;1-2/h4-5H,1H2,2-3H3;3H,1H2,2H3;1-2H3. The smallest absolute Gasteiger partial charge is 0.0439 e. The zero-order valence-corrected chi connectivity index (χ0v) is 8.65. The molecule has 0 saturated heterocycles. The lowest BCUT2D eigenvalue weighted by atomic mass is 10.3. The van der Waals surface area contributed by atoms with Gasteiger partial charge in [0.15, 0.2) is 0 Å². The van der Waals surface area contributed by atoms with Gasteiger partial charge in [-0.15, -0.1) is 6.58 Å². The summed E-state index contributed by atoms with van der Waals surface area (Å²) >= 11 is 0. The van der Waals surface area contributed by atoms with Crippen LogP contribution in [0.5, 0.6) is 0 Å². The van der Waals surface area contributed by atoms with Gasteiger partial charge in [-0.05, 0) is 20.8 Å². The molecule has 0 amide bonds. The maximum absolute atomic E-state index is 3.52. The minimum absolute atomic E-state index is 1.30. The Morgan fingerprint density at radius 2 is 1.36 bits per heavy atom. The van der Waals surface area contributed by atoms with Gasteiger partial charge in [0.2, 0.25) is 0 Å². The summed E-state index contributed by atoms with van der Waals surface area (Å²) in [6, 6.07) is 0. The molecule has 0 aliphatic rings. The molecule has 0 heterocycles. The third kappa shape index (κ3) is 97.5. The summed E-state index contributed by atoms with van der Waals surface area (Å²) < 4.78 is 0. The van der Waals surface area contributed by atoms with Gasteiger partial charge >= 0.3 is 0 Å². The second-order valence-electron chi connectivity index (χ2n) is 1.89. The molecule has 0 nitrogen and oxygen atoms in total. The predicted octanol–water partition coefficient (Wildman–Crippen LogP) is 4.36. The van der Waals surface area contributed by atoms with E-state index < -0.39 is 0 Å². The largest absolute Gasteiger partial charge is 0.103 e. The fraction of sp³-hybridized carbons (Fsp3) is 0.455. The highest BCUT2D eigenvalue weighted by atomic mass is 13.7. The molecule has 0 spiro atoms. The Morgan fingerprint density at radius 1 is 1.09 bits per heavy atom. The van der Waals surface area contributed by atoms with E-state index in [0.717, 1.165) is 0 Å². The Morgan fingerprint density at radius 3 is 1.36 bits per heavy atom. The van der Waals surface area contributed by atoms with E-state index in [-0.39, 0.29) is 0 Å². The van der Waals surface area contributed by atoms with Crippen LogP contribution in [-0.4, -0.2) is 0 Å². The van der Waals surface area contributed by atoms with Crippen LogP contribution in [0.25, 0.3) is 0 Å². The van der Waals surface area contributed by atoms with Crippen molar-refractivity contribution in [2.24, 2.45) is 0 Å². The van der Waals surface area contributed by atoms with Gasteiger partial charge in [-0.2, -0.15) is 0 Å². The quantitative estimate of drug-likeness (QED) is 0.389. The van der Waals surface area contributed by atoms with Gasteiger partial charge in [0.25, 0.3) is 0 Å². The van der Waals surface area contributed by atoms with Gasteiger partial charge in [0, 0.05) is 0 Å². The highest BCUT2D eigenvalue weighted by molar-refractivity contribution is 5.04. The zero-order chi connectivity index (χ0) is 9.70. The van der Waals surface area contributed by atoms with E-state index in [4.69, 9.17) is 0 Å². The van der Waals surface area contributed by atoms with Crippen molar-refractivity contribution in [2.75, 3.05) is 0 Å². The lowest BCUT2D eigenvalue weighted by molar-refractivity contribution is 1.40. The van der Waals surface area contributed by atoms with Crippen molar-refractivity contribution in [1.82, 2.24) is 0 Å². The summed E-state index contributed by atoms with van der Waals surface area (Å²) in [7, 11) is 0. The molecule has 66 valence electrons. The fourth-order valence-electron chi connectivity index (χ4n) is 0.236. The van der Waals surface area contributed by atoms with E-state index in [1.54, 1.807) is 12.2 Å². The molecular formula is C11H22. The lowest BCUT2D eigenvalue weighted by Gasteiger charge is -1.76. The lowest BCUT2D eigenvalue weighted by Crippen LogP contribution is -1.54. The van der Waals surface area contributed by atoms with Crippen molar-refractivity contribution in [3.63, 3.8) is 0 Å². The molecular weight excluding hydrogens is 132 g/mol. The monoisotopic (exact) mass is 154 g/mol. The van der Waals surface area contributed by atoms with E-state index in [0.29, 0.717) is 0 Å². The minimum Gasteiger partial charge on any atom is -0.103 e. The van der Waals surface area contributed by atoms with Crippen molar-refractivity contribution in [1.29, 1.82) is 0 Å². The van der Waals surface area contributed by atoms with E-state index >= 15 is 0 Å². The third-order valence-corrected chi connectivity index (χ3v) is 0.451. The first-order chi connectivity index (χ1) is 5.18. The molecule has 0 aliphatic carbocycles. The average Bonchev–Trinajstić information content (AvgIpc) is 1.93. The van der Waals surface area contributed by atoms with Gasteiger partial charge in [-0.1, -0.05) is 44.2 Å². The van der Waals surface area contributed by atoms with Crippen molar-refractivity contribution in [2.45, 2.75) is 34.6 Å². The Labute approximate surface area is 72.3 Å². The molecule has 0 aromatic carbocycles. The summed E-state index contributed by atoms with van der Waals surface area (Å²) in [4.78, 5) is 0. The SMILES string of the molecule is C=CC.C=CC=C(C)C.CC. The van der Waals surface area contributed by atoms with Crippen LogP contribution < -0.4 is 0 Å². The summed E-state index contributed by atoms with van der Waals surface area (Å²) in [5.41, 5.74) is 1.30. The summed E-state index contributed by atoms with van der Waals surface area (Å²) in [6.07, 6.45) is 5.51. The Kier molecular flexibility index (Phi) is 34.6. The Hall–Kier alpha value is -0.780. The zero-order valence-electron chi connectivity index (χ0n) is 8.65. The molecule has 0 aliphatic heterocycles. The van der Waals surface area contributed by atoms with Crippen molar-refractivity contribution in [3.8, 4) is 0 Å². The minimum atomic E-state index is 1.30. The fourth-order valence-corrected chi connectivity index (χ4v) is 0.236. The maximum atomic E-state index is 3.52. The first-order valence-electron chi connectivity index (χ1n) is 4.02. The number of hydrogen-bond donors (Lipinski definition) is 0. The average molecular weight is 154 g/mol. The topological polar surface area (TPSA) is 0 Å². The van der Waals surface area contributed by atoms with Crippen LogP contribution in [0.15, 0.2) is 37.0 Å². The van der Waals surface area contributed by atoms with Crippen molar-refractivity contribution in [3.05, 3.63) is 37.0 Å². The van der Waals surface area contributed by atoms with Crippen LogP contribution in [0.4, 0.5) is 0 Å². The van der Waals surface area contributed by atoms with Crippen molar-refractivity contribution >= 4 is 0 Å². The number of hydrogen-bond acceptors (Lipinski definition) is 0. The molecule has 11 heavy (non-hydrogen) atoms. The van der Waals surface area contributed by atoms with E-state index in [1.807, 2.05) is 40.7 Å². The van der Waals surface area contributed by atoms with Crippen LogP contribution in [-0.2, 0) is 0 Å². The van der Waals surface area contributed by atoms with Crippen molar-refractivity contribution < 1.29 is 0 Å². The first kappa shape index (κ1) is 16.7. The van der Waals surface area contributed by atoms with E-state index in [2.05, 4.69) is 13.2 Å². The molecule has 0 rings (SSSR count). The first-order valence-corrected chi connectivity index (χ1v) is 4.02. The molecule has 0 atom stereocenters. The van der Waals surface area contributed by atoms with E-state index in [9.17, 15) is 0 Å². The molecule has 0 unspecified atom stereocenters. The van der Waals surface area contributed by atoms with Crippen LogP contribution in [0.1, 0.15) is 34.6 Å². The highest BCUT2D eigenvalue weighted by Crippen LogP contribution is 1.85. The number of rotatable bonds is 1. The molecule has 0 saturated carbocycles. The molecule has 0 aromatic heterocycles. The summed E-state index contributed by atoms with van der Waals surface area (Å²) in [6.45, 7) is 16.9. The maximum Gasteiger partial charge on any atom is -0.0439 e. The number of allylic oxidation sites excluding steroid dienone is 4. The summed E-state index contributed by atoms with van der Waals surface area (Å²) in [5.74, 6) is 0.